The molecule has 1 aromatic rings. The molecular formula is C9H11NO. The van der Waals surface area contributed by atoms with Gasteiger partial charge in [-0.1, -0.05) is 13.0 Å². The van der Waals surface area contributed by atoms with Gasteiger partial charge in [0.2, 0.25) is 0 Å². The molecule has 1 aromatic heterocycles. The molecule has 0 aliphatic heterocycles. The normalized spacial score (nSPS) is 35.3. The quantitative estimate of drug-likeness (QED) is 0.653. The van der Waals surface area contributed by atoms with E-state index in [0.29, 0.717) is 5.92 Å². The molecule has 2 unspecified atom stereocenters. The van der Waals surface area contributed by atoms with Gasteiger partial charge in [-0.3, -0.25) is 4.98 Å². The molecule has 1 heterocycles. The van der Waals surface area contributed by atoms with Crippen LogP contribution in [0.4, 0.5) is 0 Å². The summed E-state index contributed by atoms with van der Waals surface area (Å²) in [5.41, 5.74) is 0.203. The fraction of sp³-hybridized carbons (Fsp3) is 0.444. The van der Waals surface area contributed by atoms with Crippen LogP contribution in [-0.2, 0) is 5.60 Å². The number of aromatic nitrogens is 1. The van der Waals surface area contributed by atoms with E-state index in [9.17, 15) is 5.11 Å². The largest absolute Gasteiger partial charge is 0.383 e. The van der Waals surface area contributed by atoms with Crippen molar-refractivity contribution >= 4 is 0 Å². The minimum Gasteiger partial charge on any atom is -0.383 e. The molecule has 2 rings (SSSR count). The van der Waals surface area contributed by atoms with Crippen molar-refractivity contribution in [3.63, 3.8) is 0 Å². The fourth-order valence-corrected chi connectivity index (χ4v) is 1.38. The second-order valence-corrected chi connectivity index (χ2v) is 3.24. The van der Waals surface area contributed by atoms with Crippen molar-refractivity contribution in [3.8, 4) is 0 Å². The third-order valence-corrected chi connectivity index (χ3v) is 2.38. The summed E-state index contributed by atoms with van der Waals surface area (Å²) in [6.45, 7) is 2.04. The highest BCUT2D eigenvalue weighted by molar-refractivity contribution is 5.21. The highest BCUT2D eigenvalue weighted by Crippen LogP contribution is 2.50. The molecule has 0 aromatic carbocycles. The van der Waals surface area contributed by atoms with Crippen LogP contribution < -0.4 is 0 Å². The van der Waals surface area contributed by atoms with E-state index in [1.807, 2.05) is 25.1 Å². The van der Waals surface area contributed by atoms with Gasteiger partial charge in [0.05, 0.1) is 5.69 Å². The summed E-state index contributed by atoms with van der Waals surface area (Å²) >= 11 is 0. The molecule has 0 spiro atoms. The first-order valence-electron chi connectivity index (χ1n) is 3.87. The van der Waals surface area contributed by atoms with Gasteiger partial charge in [-0.25, -0.2) is 0 Å². The van der Waals surface area contributed by atoms with Crippen molar-refractivity contribution in [2.75, 3.05) is 0 Å². The topological polar surface area (TPSA) is 33.1 Å². The Morgan fingerprint density at radius 1 is 1.64 bits per heavy atom. The SMILES string of the molecule is CC1CC1(O)c1ccccn1. The smallest absolute Gasteiger partial charge is 0.109 e. The molecule has 1 aliphatic rings. The van der Waals surface area contributed by atoms with Gasteiger partial charge in [0.15, 0.2) is 0 Å². The van der Waals surface area contributed by atoms with E-state index in [1.165, 1.54) is 0 Å². The lowest BCUT2D eigenvalue weighted by Crippen LogP contribution is -2.09. The van der Waals surface area contributed by atoms with E-state index in [4.69, 9.17) is 0 Å². The Labute approximate surface area is 65.9 Å². The summed E-state index contributed by atoms with van der Waals surface area (Å²) in [4.78, 5) is 4.11. The van der Waals surface area contributed by atoms with Crippen LogP contribution in [0.3, 0.4) is 0 Å². The van der Waals surface area contributed by atoms with E-state index in [2.05, 4.69) is 4.98 Å². The highest BCUT2D eigenvalue weighted by atomic mass is 16.3. The van der Waals surface area contributed by atoms with Crippen LogP contribution in [0.15, 0.2) is 24.4 Å². The van der Waals surface area contributed by atoms with Crippen molar-refractivity contribution in [1.82, 2.24) is 4.98 Å². The van der Waals surface area contributed by atoms with E-state index in [1.54, 1.807) is 6.20 Å². The van der Waals surface area contributed by atoms with Gasteiger partial charge in [-0.05, 0) is 24.5 Å². The second-order valence-electron chi connectivity index (χ2n) is 3.24. The Bertz CT molecular complexity index is 260. The standard InChI is InChI=1S/C9H11NO/c1-7-6-9(7,11)8-4-2-3-5-10-8/h2-5,7,11H,6H2,1H3. The summed E-state index contributed by atoms with van der Waals surface area (Å²) in [5, 5.41) is 9.81. The molecule has 1 N–H and O–H groups in total. The maximum absolute atomic E-state index is 9.81. The van der Waals surface area contributed by atoms with Crippen molar-refractivity contribution in [1.29, 1.82) is 0 Å². The third-order valence-electron chi connectivity index (χ3n) is 2.38. The van der Waals surface area contributed by atoms with E-state index < -0.39 is 5.60 Å². The molecule has 0 radical (unpaired) electrons. The molecule has 58 valence electrons. The summed E-state index contributed by atoms with van der Waals surface area (Å²) < 4.78 is 0. The highest BCUT2D eigenvalue weighted by Gasteiger charge is 2.52. The molecule has 2 atom stereocenters. The lowest BCUT2D eigenvalue weighted by atomic mass is 10.2. The van der Waals surface area contributed by atoms with Gasteiger partial charge in [0, 0.05) is 6.20 Å². The minimum absolute atomic E-state index is 0.373. The van der Waals surface area contributed by atoms with Crippen molar-refractivity contribution in [2.24, 2.45) is 5.92 Å². The predicted octanol–water partition coefficient (Wildman–Crippen LogP) is 1.31. The van der Waals surface area contributed by atoms with Gasteiger partial charge in [-0.2, -0.15) is 0 Å². The molecule has 0 amide bonds. The number of pyridine rings is 1. The molecule has 0 bridgehead atoms. The second kappa shape index (κ2) is 2.05. The lowest BCUT2D eigenvalue weighted by Gasteiger charge is -2.06. The van der Waals surface area contributed by atoms with Gasteiger partial charge in [0.1, 0.15) is 5.60 Å². The third kappa shape index (κ3) is 0.942. The zero-order valence-electron chi connectivity index (χ0n) is 6.49. The van der Waals surface area contributed by atoms with Gasteiger partial charge in [-0.15, -0.1) is 0 Å². The molecule has 11 heavy (non-hydrogen) atoms. The summed E-state index contributed by atoms with van der Waals surface area (Å²) in [5.74, 6) is 0.373. The van der Waals surface area contributed by atoms with E-state index in [-0.39, 0.29) is 0 Å². The monoisotopic (exact) mass is 149 g/mol. The number of rotatable bonds is 1. The first kappa shape index (κ1) is 6.80. The van der Waals surface area contributed by atoms with Crippen LogP contribution in [0.2, 0.25) is 0 Å². The maximum atomic E-state index is 9.81. The Morgan fingerprint density at radius 3 is 2.82 bits per heavy atom. The van der Waals surface area contributed by atoms with Crippen molar-refractivity contribution < 1.29 is 5.11 Å². The van der Waals surface area contributed by atoms with Crippen LogP contribution in [-0.4, -0.2) is 10.1 Å². The summed E-state index contributed by atoms with van der Waals surface area (Å²) in [6, 6.07) is 5.65. The van der Waals surface area contributed by atoms with E-state index in [0.717, 1.165) is 12.1 Å². The molecule has 2 nitrogen and oxygen atoms in total. The first-order valence-corrected chi connectivity index (χ1v) is 3.87. The predicted molar refractivity (Wildman–Crippen MR) is 41.9 cm³/mol. The Kier molecular flexibility index (Phi) is 1.26. The fourth-order valence-electron chi connectivity index (χ4n) is 1.38. The lowest BCUT2D eigenvalue weighted by molar-refractivity contribution is 0.130. The molecule has 1 aliphatic carbocycles. The van der Waals surface area contributed by atoms with Crippen LogP contribution in [0.1, 0.15) is 19.0 Å². The summed E-state index contributed by atoms with van der Waals surface area (Å²) in [7, 11) is 0. The Morgan fingerprint density at radius 2 is 2.36 bits per heavy atom. The zero-order valence-corrected chi connectivity index (χ0v) is 6.49. The Hall–Kier alpha value is -0.890. The Balaban J connectivity index is 2.32. The average molecular weight is 149 g/mol. The van der Waals surface area contributed by atoms with Crippen molar-refractivity contribution in [3.05, 3.63) is 30.1 Å². The number of hydrogen-bond donors (Lipinski definition) is 1. The average Bonchev–Trinajstić information content (AvgIpc) is 2.64. The molecular weight excluding hydrogens is 138 g/mol. The first-order chi connectivity index (χ1) is 5.23. The van der Waals surface area contributed by atoms with Crippen LogP contribution in [0.5, 0.6) is 0 Å². The van der Waals surface area contributed by atoms with Gasteiger partial charge < -0.3 is 5.11 Å². The van der Waals surface area contributed by atoms with Gasteiger partial charge >= 0.3 is 0 Å². The number of nitrogens with zero attached hydrogens (tertiary/aromatic N) is 1. The van der Waals surface area contributed by atoms with Crippen molar-refractivity contribution in [2.45, 2.75) is 18.9 Å². The number of aliphatic hydroxyl groups is 1. The van der Waals surface area contributed by atoms with Crippen LogP contribution in [0.25, 0.3) is 0 Å². The number of hydrogen-bond acceptors (Lipinski definition) is 2. The molecule has 1 saturated carbocycles. The van der Waals surface area contributed by atoms with Gasteiger partial charge in [0.25, 0.3) is 0 Å². The molecule has 0 saturated heterocycles. The minimum atomic E-state index is -0.610. The van der Waals surface area contributed by atoms with Crippen LogP contribution in [0, 0.1) is 5.92 Å². The molecule has 2 heteroatoms. The summed E-state index contributed by atoms with van der Waals surface area (Å²) in [6.07, 6.45) is 2.57. The van der Waals surface area contributed by atoms with Crippen LogP contribution >= 0.6 is 0 Å². The maximum Gasteiger partial charge on any atom is 0.109 e. The zero-order chi connectivity index (χ0) is 7.90. The van der Waals surface area contributed by atoms with E-state index >= 15 is 0 Å². The molecule has 1 fully saturated rings.